The minimum atomic E-state index is -4.32. The first-order chi connectivity index (χ1) is 4.48. The first-order valence-electron chi connectivity index (χ1n) is 2.91. The van der Waals surface area contributed by atoms with Crippen LogP contribution in [-0.2, 0) is 0 Å². The Labute approximate surface area is 56.8 Å². The van der Waals surface area contributed by atoms with Crippen LogP contribution in [0.2, 0.25) is 0 Å². The van der Waals surface area contributed by atoms with Crippen LogP contribution >= 0.6 is 0 Å². The van der Waals surface area contributed by atoms with Crippen molar-refractivity contribution in [3.8, 4) is 0 Å². The molecule has 0 saturated carbocycles. The lowest BCUT2D eigenvalue weighted by molar-refractivity contribution is -0.149. The summed E-state index contributed by atoms with van der Waals surface area (Å²) in [5.41, 5.74) is 4.70. The molecule has 0 amide bonds. The maximum atomic E-state index is 11.6. The predicted octanol–water partition coefficient (Wildman–Crippen LogP) is 0.649. The Bertz CT molecular complexity index is 93.4. The van der Waals surface area contributed by atoms with Gasteiger partial charge in [-0.05, 0) is 12.8 Å². The highest BCUT2D eigenvalue weighted by molar-refractivity contribution is 4.69. The Balaban J connectivity index is 3.52. The molecule has 0 spiro atoms. The Morgan fingerprint density at radius 3 is 2.20 bits per heavy atom. The number of alkyl halides is 3. The molecular weight excluding hydrogens is 147 g/mol. The molecule has 3 N–H and O–H groups in total. The normalized spacial score (nSPS) is 15.3. The quantitative estimate of drug-likeness (QED) is 0.631. The zero-order chi connectivity index (χ0) is 8.20. The Morgan fingerprint density at radius 1 is 1.40 bits per heavy atom. The van der Waals surface area contributed by atoms with Gasteiger partial charge in [0.25, 0.3) is 0 Å². The van der Waals surface area contributed by atoms with Crippen molar-refractivity contribution in [2.24, 2.45) is 5.73 Å². The van der Waals surface area contributed by atoms with Gasteiger partial charge < -0.3 is 10.8 Å². The Hall–Kier alpha value is -0.290. The molecule has 0 bridgehead atoms. The molecular formula is C5H10F3NO. The summed E-state index contributed by atoms with van der Waals surface area (Å²) in [6.45, 7) is -0.246. The van der Waals surface area contributed by atoms with E-state index in [2.05, 4.69) is 0 Å². The number of aliphatic hydroxyl groups is 1. The van der Waals surface area contributed by atoms with Crippen molar-refractivity contribution < 1.29 is 18.3 Å². The van der Waals surface area contributed by atoms with Crippen molar-refractivity contribution in [3.63, 3.8) is 0 Å². The van der Waals surface area contributed by atoms with Gasteiger partial charge in [-0.2, -0.15) is 13.2 Å². The van der Waals surface area contributed by atoms with Gasteiger partial charge in [-0.25, -0.2) is 0 Å². The molecule has 5 heteroatoms. The predicted molar refractivity (Wildman–Crippen MR) is 30.4 cm³/mol. The van der Waals surface area contributed by atoms with E-state index in [1.54, 1.807) is 0 Å². The fourth-order valence-electron chi connectivity index (χ4n) is 0.475. The van der Waals surface area contributed by atoms with Crippen LogP contribution in [-0.4, -0.2) is 23.9 Å². The lowest BCUT2D eigenvalue weighted by Crippen LogP contribution is -2.37. The van der Waals surface area contributed by atoms with Crippen LogP contribution in [0.4, 0.5) is 13.2 Å². The molecule has 0 rings (SSSR count). The van der Waals surface area contributed by atoms with Gasteiger partial charge in [0, 0.05) is 6.61 Å². The number of aliphatic hydroxyl groups excluding tert-OH is 1. The summed E-state index contributed by atoms with van der Waals surface area (Å²) < 4.78 is 34.7. The number of hydrogen-bond acceptors (Lipinski definition) is 2. The topological polar surface area (TPSA) is 46.2 Å². The lowest BCUT2D eigenvalue weighted by Gasteiger charge is -2.13. The van der Waals surface area contributed by atoms with Gasteiger partial charge in [0.1, 0.15) is 6.04 Å². The second-order valence-electron chi connectivity index (χ2n) is 2.01. The maximum Gasteiger partial charge on any atom is 0.403 e. The first kappa shape index (κ1) is 9.71. The Kier molecular flexibility index (Phi) is 3.67. The zero-order valence-electron chi connectivity index (χ0n) is 5.36. The minimum absolute atomic E-state index is 0.0979. The molecule has 0 radical (unpaired) electrons. The molecule has 0 fully saturated rings. The largest absolute Gasteiger partial charge is 0.403 e. The molecule has 10 heavy (non-hydrogen) atoms. The molecule has 0 aliphatic rings. The van der Waals surface area contributed by atoms with Crippen LogP contribution in [0.3, 0.4) is 0 Å². The van der Waals surface area contributed by atoms with Gasteiger partial charge in [-0.15, -0.1) is 0 Å². The summed E-state index contributed by atoms with van der Waals surface area (Å²) in [5.74, 6) is 0. The van der Waals surface area contributed by atoms with E-state index >= 15 is 0 Å². The molecule has 1 atom stereocenters. The number of nitrogens with two attached hydrogens (primary N) is 1. The summed E-state index contributed by atoms with van der Waals surface area (Å²) in [4.78, 5) is 0. The molecule has 0 aromatic rings. The monoisotopic (exact) mass is 157 g/mol. The van der Waals surface area contributed by atoms with Crippen LogP contribution in [0.15, 0.2) is 0 Å². The van der Waals surface area contributed by atoms with Gasteiger partial charge in [0.15, 0.2) is 0 Å². The van der Waals surface area contributed by atoms with Crippen molar-refractivity contribution in [1.29, 1.82) is 0 Å². The molecule has 0 aliphatic carbocycles. The van der Waals surface area contributed by atoms with Crippen molar-refractivity contribution in [1.82, 2.24) is 0 Å². The van der Waals surface area contributed by atoms with E-state index in [1.807, 2.05) is 0 Å². The molecule has 62 valence electrons. The highest BCUT2D eigenvalue weighted by Gasteiger charge is 2.35. The Morgan fingerprint density at radius 2 is 1.90 bits per heavy atom. The minimum Gasteiger partial charge on any atom is -0.396 e. The molecule has 0 saturated heterocycles. The van der Waals surface area contributed by atoms with Gasteiger partial charge in [0.2, 0.25) is 0 Å². The van der Waals surface area contributed by atoms with Crippen molar-refractivity contribution in [3.05, 3.63) is 0 Å². The summed E-state index contributed by atoms with van der Waals surface area (Å²) in [5, 5.41) is 8.16. The van der Waals surface area contributed by atoms with E-state index in [0.717, 1.165) is 0 Å². The number of halogens is 3. The van der Waals surface area contributed by atoms with Gasteiger partial charge in [-0.3, -0.25) is 0 Å². The summed E-state index contributed by atoms with van der Waals surface area (Å²) in [6, 6.07) is -1.79. The SMILES string of the molecule is N[C@@H](CCCO)C(F)(F)F. The van der Waals surface area contributed by atoms with Crippen molar-refractivity contribution in [2.45, 2.75) is 25.1 Å². The number of rotatable bonds is 3. The van der Waals surface area contributed by atoms with Crippen LogP contribution in [0.5, 0.6) is 0 Å². The second-order valence-corrected chi connectivity index (χ2v) is 2.01. The third-order valence-electron chi connectivity index (χ3n) is 1.09. The van der Waals surface area contributed by atoms with E-state index in [-0.39, 0.29) is 19.4 Å². The van der Waals surface area contributed by atoms with E-state index in [4.69, 9.17) is 10.8 Å². The third kappa shape index (κ3) is 3.68. The fraction of sp³-hybridized carbons (Fsp3) is 1.00. The fourth-order valence-corrected chi connectivity index (χ4v) is 0.475. The first-order valence-corrected chi connectivity index (χ1v) is 2.91. The van der Waals surface area contributed by atoms with Crippen molar-refractivity contribution in [2.75, 3.05) is 6.61 Å². The van der Waals surface area contributed by atoms with Crippen LogP contribution in [0, 0.1) is 0 Å². The second kappa shape index (κ2) is 3.78. The van der Waals surface area contributed by atoms with Crippen LogP contribution in [0.25, 0.3) is 0 Å². The van der Waals surface area contributed by atoms with E-state index < -0.39 is 12.2 Å². The average Bonchev–Trinajstić information content (AvgIpc) is 1.80. The maximum absolute atomic E-state index is 11.6. The van der Waals surface area contributed by atoms with Gasteiger partial charge >= 0.3 is 6.18 Å². The van der Waals surface area contributed by atoms with Gasteiger partial charge in [0.05, 0.1) is 0 Å². The summed E-state index contributed by atoms with van der Waals surface area (Å²) in [7, 11) is 0. The van der Waals surface area contributed by atoms with Crippen LogP contribution in [0.1, 0.15) is 12.8 Å². The third-order valence-corrected chi connectivity index (χ3v) is 1.09. The van der Waals surface area contributed by atoms with Gasteiger partial charge in [-0.1, -0.05) is 0 Å². The number of hydrogen-bond donors (Lipinski definition) is 2. The molecule has 0 aliphatic heterocycles. The summed E-state index contributed by atoms with van der Waals surface area (Å²) in [6.07, 6.45) is -4.43. The molecule has 2 nitrogen and oxygen atoms in total. The molecule has 0 unspecified atom stereocenters. The molecule has 0 heterocycles. The summed E-state index contributed by atoms with van der Waals surface area (Å²) >= 11 is 0. The van der Waals surface area contributed by atoms with Crippen LogP contribution < -0.4 is 5.73 Å². The van der Waals surface area contributed by atoms with E-state index in [0.29, 0.717) is 0 Å². The standard InChI is InChI=1S/C5H10F3NO/c6-5(7,8)4(9)2-1-3-10/h4,10H,1-3,9H2/t4-/m0/s1. The smallest absolute Gasteiger partial charge is 0.396 e. The van der Waals surface area contributed by atoms with E-state index in [9.17, 15) is 13.2 Å². The van der Waals surface area contributed by atoms with E-state index in [1.165, 1.54) is 0 Å². The highest BCUT2D eigenvalue weighted by Crippen LogP contribution is 2.20. The molecule has 0 aromatic carbocycles. The average molecular weight is 157 g/mol. The van der Waals surface area contributed by atoms with Crippen molar-refractivity contribution >= 4 is 0 Å². The lowest BCUT2D eigenvalue weighted by atomic mass is 10.2. The highest BCUT2D eigenvalue weighted by atomic mass is 19.4. The zero-order valence-corrected chi connectivity index (χ0v) is 5.36. The molecule has 0 aromatic heterocycles.